The zero-order valence-corrected chi connectivity index (χ0v) is 18.0. The van der Waals surface area contributed by atoms with Gasteiger partial charge in [-0.25, -0.2) is 0 Å². The van der Waals surface area contributed by atoms with Gasteiger partial charge >= 0.3 is 0 Å². The van der Waals surface area contributed by atoms with Gasteiger partial charge in [-0.1, -0.05) is 26.0 Å². The van der Waals surface area contributed by atoms with Crippen molar-refractivity contribution >= 4 is 23.2 Å². The Kier molecular flexibility index (Phi) is 5.38. The van der Waals surface area contributed by atoms with Gasteiger partial charge in [-0.15, -0.1) is 0 Å². The first-order chi connectivity index (χ1) is 13.3. The van der Waals surface area contributed by atoms with Crippen LogP contribution in [0.4, 0.5) is 0 Å². The maximum Gasteiger partial charge on any atom is 0.264 e. The van der Waals surface area contributed by atoms with Crippen LogP contribution in [0.3, 0.4) is 0 Å². The molecule has 4 nitrogen and oxygen atoms in total. The summed E-state index contributed by atoms with van der Waals surface area (Å²) in [5, 5.41) is 6.84. The van der Waals surface area contributed by atoms with Crippen molar-refractivity contribution < 1.29 is 9.53 Å². The first-order valence-electron chi connectivity index (χ1n) is 10.7. The summed E-state index contributed by atoms with van der Waals surface area (Å²) in [5.74, 6) is 3.46. The highest BCUT2D eigenvalue weighted by Crippen LogP contribution is 2.55. The van der Waals surface area contributed by atoms with Crippen molar-refractivity contribution in [2.45, 2.75) is 70.8 Å². The number of carbonyl (C=O) groups excluding carboxylic acids is 1. The molecule has 5 heteroatoms. The molecule has 0 radical (unpaired) electrons. The first-order valence-corrected chi connectivity index (χ1v) is 11.1. The molecule has 0 atom stereocenters. The van der Waals surface area contributed by atoms with Crippen LogP contribution in [-0.4, -0.2) is 23.2 Å². The van der Waals surface area contributed by atoms with Gasteiger partial charge in [0, 0.05) is 5.54 Å². The first kappa shape index (κ1) is 19.7. The van der Waals surface area contributed by atoms with E-state index in [2.05, 4.69) is 36.6 Å². The van der Waals surface area contributed by atoms with Gasteiger partial charge in [0.05, 0.1) is 0 Å². The number of amides is 1. The van der Waals surface area contributed by atoms with E-state index in [1.165, 1.54) is 38.5 Å². The van der Waals surface area contributed by atoms with Gasteiger partial charge < -0.3 is 15.4 Å². The second kappa shape index (κ2) is 7.66. The maximum atomic E-state index is 12.4. The topological polar surface area (TPSA) is 50.4 Å². The number of aryl methyl sites for hydroxylation is 1. The highest BCUT2D eigenvalue weighted by atomic mass is 32.1. The number of hydrogen-bond acceptors (Lipinski definition) is 3. The molecular weight excluding hydrogens is 368 g/mol. The number of benzene rings is 1. The van der Waals surface area contributed by atoms with Crippen molar-refractivity contribution in [1.82, 2.24) is 10.6 Å². The fourth-order valence-corrected chi connectivity index (χ4v) is 6.42. The van der Waals surface area contributed by atoms with Crippen LogP contribution in [0.2, 0.25) is 0 Å². The minimum Gasteiger partial charge on any atom is -0.483 e. The largest absolute Gasteiger partial charge is 0.483 e. The second-order valence-corrected chi connectivity index (χ2v) is 10.1. The van der Waals surface area contributed by atoms with Gasteiger partial charge in [0.1, 0.15) is 5.75 Å². The molecule has 4 saturated carbocycles. The maximum absolute atomic E-state index is 12.4. The van der Waals surface area contributed by atoms with Crippen molar-refractivity contribution in [2.75, 3.05) is 6.61 Å². The summed E-state index contributed by atoms with van der Waals surface area (Å²) in [5.41, 5.74) is 2.35. The summed E-state index contributed by atoms with van der Waals surface area (Å²) >= 11 is 5.49. The summed E-state index contributed by atoms with van der Waals surface area (Å²) in [6, 6.07) is 6.15. The van der Waals surface area contributed by atoms with Gasteiger partial charge in [-0.05, 0) is 98.5 Å². The van der Waals surface area contributed by atoms with Crippen LogP contribution in [0.1, 0.15) is 69.4 Å². The van der Waals surface area contributed by atoms with E-state index >= 15 is 0 Å². The molecule has 1 amide bonds. The lowest BCUT2D eigenvalue weighted by Gasteiger charge is -2.57. The van der Waals surface area contributed by atoms with Gasteiger partial charge in [0.15, 0.2) is 11.7 Å². The van der Waals surface area contributed by atoms with E-state index in [4.69, 9.17) is 17.0 Å². The molecular formula is C23H32N2O2S. The van der Waals surface area contributed by atoms with E-state index in [0.717, 1.165) is 34.6 Å². The van der Waals surface area contributed by atoms with Crippen LogP contribution in [-0.2, 0) is 4.79 Å². The van der Waals surface area contributed by atoms with Gasteiger partial charge in [-0.2, -0.15) is 0 Å². The quantitative estimate of drug-likeness (QED) is 0.717. The lowest BCUT2D eigenvalue weighted by Crippen LogP contribution is -2.62. The van der Waals surface area contributed by atoms with E-state index in [-0.39, 0.29) is 18.1 Å². The Labute approximate surface area is 173 Å². The summed E-state index contributed by atoms with van der Waals surface area (Å²) in [6.07, 6.45) is 7.78. The molecule has 28 heavy (non-hydrogen) atoms. The Morgan fingerprint density at radius 2 is 1.79 bits per heavy atom. The molecule has 2 N–H and O–H groups in total. The lowest BCUT2D eigenvalue weighted by atomic mass is 9.53. The van der Waals surface area contributed by atoms with Crippen LogP contribution >= 0.6 is 12.2 Å². The Morgan fingerprint density at radius 1 is 1.18 bits per heavy atom. The smallest absolute Gasteiger partial charge is 0.264 e. The van der Waals surface area contributed by atoms with Crippen molar-refractivity contribution in [3.63, 3.8) is 0 Å². The van der Waals surface area contributed by atoms with Crippen molar-refractivity contribution in [2.24, 2.45) is 17.8 Å². The molecule has 0 unspecified atom stereocenters. The second-order valence-electron chi connectivity index (χ2n) is 9.68. The zero-order valence-electron chi connectivity index (χ0n) is 17.2. The Hall–Kier alpha value is -1.62. The number of rotatable bonds is 5. The predicted molar refractivity (Wildman–Crippen MR) is 116 cm³/mol. The molecule has 4 fully saturated rings. The number of thiocarbonyl (C=S) groups is 1. The molecule has 0 spiro atoms. The number of ether oxygens (including phenoxy) is 1. The molecule has 4 bridgehead atoms. The lowest BCUT2D eigenvalue weighted by molar-refractivity contribution is -0.121. The molecule has 4 aliphatic carbocycles. The number of carbonyl (C=O) groups is 1. The Balaban J connectivity index is 1.31. The molecule has 5 rings (SSSR count). The number of hydrogen-bond donors (Lipinski definition) is 2. The van der Waals surface area contributed by atoms with E-state index < -0.39 is 0 Å². The zero-order chi connectivity index (χ0) is 19.9. The van der Waals surface area contributed by atoms with Crippen molar-refractivity contribution in [1.29, 1.82) is 0 Å². The van der Waals surface area contributed by atoms with Crippen LogP contribution in [0.15, 0.2) is 18.2 Å². The fraction of sp³-hybridized carbons (Fsp3) is 0.652. The SMILES string of the molecule is Cc1ccc(C(C)C)c(OCC(=O)NC(=S)NC23CC4CC(CC(C4)C2)C3)c1. The minimum atomic E-state index is -0.196. The van der Waals surface area contributed by atoms with Crippen LogP contribution < -0.4 is 15.4 Å². The number of nitrogens with one attached hydrogen (secondary N) is 2. The Bertz CT molecular complexity index is 739. The predicted octanol–water partition coefficient (Wildman–Crippen LogP) is 4.46. The standard InChI is InChI=1S/C23H32N2O2S/c1-14(2)19-5-4-15(3)6-20(19)27-13-21(26)24-22(28)25-23-10-16-7-17(11-23)9-18(8-16)12-23/h4-6,14,16-18H,7-13H2,1-3H3,(H2,24,25,26,28). The molecule has 0 heterocycles. The third kappa shape index (κ3) is 4.19. The van der Waals surface area contributed by atoms with Gasteiger partial charge in [0.25, 0.3) is 5.91 Å². The monoisotopic (exact) mass is 400 g/mol. The van der Waals surface area contributed by atoms with E-state index in [1.54, 1.807) is 0 Å². The van der Waals surface area contributed by atoms with E-state index in [9.17, 15) is 4.79 Å². The van der Waals surface area contributed by atoms with Gasteiger partial charge in [0.2, 0.25) is 0 Å². The molecule has 152 valence electrons. The average Bonchev–Trinajstić information content (AvgIpc) is 2.57. The van der Waals surface area contributed by atoms with Crippen molar-refractivity contribution in [3.8, 4) is 5.75 Å². The Morgan fingerprint density at radius 3 is 2.36 bits per heavy atom. The molecule has 0 saturated heterocycles. The average molecular weight is 401 g/mol. The summed E-state index contributed by atoms with van der Waals surface area (Å²) in [6.45, 7) is 6.26. The molecule has 1 aromatic rings. The molecule has 4 aliphatic rings. The fourth-order valence-electron chi connectivity index (χ4n) is 6.09. The summed E-state index contributed by atoms with van der Waals surface area (Å²) in [4.78, 5) is 12.4. The van der Waals surface area contributed by atoms with E-state index in [0.29, 0.717) is 11.0 Å². The van der Waals surface area contributed by atoms with Crippen LogP contribution in [0, 0.1) is 24.7 Å². The summed E-state index contributed by atoms with van der Waals surface area (Å²) in [7, 11) is 0. The highest BCUT2D eigenvalue weighted by molar-refractivity contribution is 7.80. The molecule has 0 aromatic heterocycles. The van der Waals surface area contributed by atoms with Crippen molar-refractivity contribution in [3.05, 3.63) is 29.3 Å². The normalized spacial score (nSPS) is 30.4. The van der Waals surface area contributed by atoms with Gasteiger partial charge in [-0.3, -0.25) is 4.79 Å². The molecule has 0 aliphatic heterocycles. The minimum absolute atomic E-state index is 0.0220. The van der Waals surface area contributed by atoms with Crippen LogP contribution in [0.25, 0.3) is 0 Å². The summed E-state index contributed by atoms with van der Waals surface area (Å²) < 4.78 is 5.84. The highest BCUT2D eigenvalue weighted by Gasteiger charge is 2.51. The van der Waals surface area contributed by atoms with E-state index in [1.807, 2.05) is 13.0 Å². The third-order valence-electron chi connectivity index (χ3n) is 6.82. The molecule has 1 aromatic carbocycles. The third-order valence-corrected chi connectivity index (χ3v) is 7.02. The van der Waals surface area contributed by atoms with Crippen LogP contribution in [0.5, 0.6) is 5.75 Å².